The first-order chi connectivity index (χ1) is 14.5. The van der Waals surface area contributed by atoms with E-state index in [1.165, 1.54) is 17.2 Å². The van der Waals surface area contributed by atoms with Gasteiger partial charge in [0.1, 0.15) is 17.9 Å². The van der Waals surface area contributed by atoms with Crippen LogP contribution in [-0.2, 0) is 4.79 Å². The quantitative estimate of drug-likeness (QED) is 0.470. The number of likely N-dealkylation sites (tertiary alicyclic amines) is 1. The molecule has 2 unspecified atom stereocenters. The Balaban J connectivity index is 1.91. The van der Waals surface area contributed by atoms with E-state index >= 15 is 0 Å². The number of anilines is 1. The van der Waals surface area contributed by atoms with Crippen molar-refractivity contribution in [1.29, 1.82) is 0 Å². The van der Waals surface area contributed by atoms with Crippen molar-refractivity contribution in [3.63, 3.8) is 0 Å². The maximum absolute atomic E-state index is 14.6. The van der Waals surface area contributed by atoms with Crippen molar-refractivity contribution in [2.24, 2.45) is 10.7 Å². The first-order valence-electron chi connectivity index (χ1n) is 9.73. The van der Waals surface area contributed by atoms with Gasteiger partial charge in [0.25, 0.3) is 0 Å². The van der Waals surface area contributed by atoms with Crippen LogP contribution < -0.4 is 15.8 Å². The van der Waals surface area contributed by atoms with E-state index in [4.69, 9.17) is 10.5 Å². The second kappa shape index (κ2) is 9.38. The van der Waals surface area contributed by atoms with Crippen molar-refractivity contribution >= 4 is 29.1 Å². The minimum absolute atomic E-state index is 0.112. The highest BCUT2D eigenvalue weighted by atomic mass is 19.1. The first kappa shape index (κ1) is 21.3. The zero-order chi connectivity index (χ0) is 21.7. The largest absolute Gasteiger partial charge is 0.469 e. The number of aryl methyl sites for hydroxylation is 1. The molecule has 1 fully saturated rings. The van der Waals surface area contributed by atoms with E-state index in [0.29, 0.717) is 29.8 Å². The summed E-state index contributed by atoms with van der Waals surface area (Å²) in [4.78, 5) is 29.5. The number of aromatic nitrogens is 3. The Bertz CT molecular complexity index is 985. The fraction of sp³-hybridized carbons (Fsp3) is 0.400. The molecular weight excluding hydrogens is 389 g/mol. The van der Waals surface area contributed by atoms with Crippen molar-refractivity contribution in [3.8, 4) is 5.88 Å². The number of nitrogens with two attached hydrogens (primary N) is 1. The molecule has 0 spiro atoms. The number of rotatable bonds is 7. The van der Waals surface area contributed by atoms with Gasteiger partial charge in [-0.3, -0.25) is 9.79 Å². The molecule has 1 amide bonds. The number of H-pyrrole nitrogens is 1. The zero-order valence-electron chi connectivity index (χ0n) is 17.1. The van der Waals surface area contributed by atoms with Crippen LogP contribution in [0.2, 0.25) is 0 Å². The molecule has 3 heterocycles. The molecule has 0 aliphatic carbocycles. The van der Waals surface area contributed by atoms with Gasteiger partial charge >= 0.3 is 0 Å². The SMILES string of the molecule is C=CC(=O)N1CCC(F)C(Oc2nc(NC(C=NCC)=CN)nc3[nH]cc(C)c23)C1. The number of alkyl halides is 1. The first-order valence-corrected chi connectivity index (χ1v) is 9.73. The number of carbonyl (C=O) groups is 1. The monoisotopic (exact) mass is 415 g/mol. The van der Waals surface area contributed by atoms with Gasteiger partial charge in [0.2, 0.25) is 17.7 Å². The number of nitrogens with one attached hydrogen (secondary N) is 2. The molecule has 0 saturated carbocycles. The number of hydrogen-bond donors (Lipinski definition) is 3. The lowest BCUT2D eigenvalue weighted by molar-refractivity contribution is -0.130. The maximum atomic E-state index is 14.6. The van der Waals surface area contributed by atoms with E-state index in [-0.39, 0.29) is 30.7 Å². The van der Waals surface area contributed by atoms with Crippen LogP contribution in [0.1, 0.15) is 18.9 Å². The van der Waals surface area contributed by atoms with Crippen LogP contribution in [0, 0.1) is 6.92 Å². The van der Waals surface area contributed by atoms with E-state index in [9.17, 15) is 9.18 Å². The molecule has 2 aromatic heterocycles. The average Bonchev–Trinajstić information content (AvgIpc) is 3.12. The van der Waals surface area contributed by atoms with Crippen LogP contribution in [0.4, 0.5) is 10.3 Å². The standard InChI is InChI=1S/C20H26FN7O2/c1-4-16(29)28-7-6-14(21)15(11-28)30-19-17-12(3)9-24-18(17)26-20(27-19)25-13(8-22)10-23-5-2/h4,8-10,14-15H,1,5-7,11,22H2,2-3H3,(H2,24,25,26,27). The molecule has 1 saturated heterocycles. The van der Waals surface area contributed by atoms with Crippen molar-refractivity contribution in [2.75, 3.05) is 25.0 Å². The van der Waals surface area contributed by atoms with E-state index in [1.807, 2.05) is 13.8 Å². The van der Waals surface area contributed by atoms with E-state index in [2.05, 4.69) is 31.8 Å². The molecule has 4 N–H and O–H groups in total. The van der Waals surface area contributed by atoms with Gasteiger partial charge in [-0.15, -0.1) is 0 Å². The Kier molecular flexibility index (Phi) is 6.65. The number of fused-ring (bicyclic) bond motifs is 1. The van der Waals surface area contributed by atoms with Crippen LogP contribution in [0.3, 0.4) is 0 Å². The molecule has 160 valence electrons. The summed E-state index contributed by atoms with van der Waals surface area (Å²) in [5.41, 5.74) is 7.54. The number of aliphatic imine (C=N–C) groups is 1. The van der Waals surface area contributed by atoms with Crippen LogP contribution in [-0.4, -0.2) is 63.9 Å². The number of ether oxygens (including phenoxy) is 1. The predicted molar refractivity (Wildman–Crippen MR) is 114 cm³/mol. The van der Waals surface area contributed by atoms with Crippen molar-refractivity contribution in [1.82, 2.24) is 19.9 Å². The lowest BCUT2D eigenvalue weighted by atomic mass is 10.1. The van der Waals surface area contributed by atoms with E-state index in [1.54, 1.807) is 12.4 Å². The molecule has 2 aromatic rings. The number of halogens is 1. The third-order valence-corrected chi connectivity index (χ3v) is 4.77. The minimum atomic E-state index is -1.23. The molecule has 1 aliphatic heterocycles. The molecule has 1 aliphatic rings. The summed E-state index contributed by atoms with van der Waals surface area (Å²) in [5, 5.41) is 3.64. The Morgan fingerprint density at radius 1 is 1.57 bits per heavy atom. The molecule has 0 radical (unpaired) electrons. The van der Waals surface area contributed by atoms with Gasteiger partial charge in [0, 0.05) is 31.7 Å². The predicted octanol–water partition coefficient (Wildman–Crippen LogP) is 2.07. The Morgan fingerprint density at radius 2 is 2.37 bits per heavy atom. The Morgan fingerprint density at radius 3 is 3.07 bits per heavy atom. The molecule has 10 heteroatoms. The lowest BCUT2D eigenvalue weighted by Gasteiger charge is -2.34. The van der Waals surface area contributed by atoms with Gasteiger partial charge in [0.05, 0.1) is 17.6 Å². The van der Waals surface area contributed by atoms with Gasteiger partial charge in [-0.1, -0.05) is 6.58 Å². The molecule has 0 bridgehead atoms. The molecule has 3 rings (SSSR count). The second-order valence-electron chi connectivity index (χ2n) is 6.87. The average molecular weight is 415 g/mol. The van der Waals surface area contributed by atoms with Crippen LogP contribution in [0.15, 0.2) is 35.7 Å². The fourth-order valence-electron chi connectivity index (χ4n) is 3.20. The number of allylic oxidation sites excluding steroid dienone is 1. The molecule has 2 atom stereocenters. The summed E-state index contributed by atoms with van der Waals surface area (Å²) in [6, 6.07) is 0. The molecule has 0 aromatic carbocycles. The normalized spacial score (nSPS) is 20.0. The summed E-state index contributed by atoms with van der Waals surface area (Å²) < 4.78 is 20.6. The van der Waals surface area contributed by atoms with Crippen molar-refractivity contribution < 1.29 is 13.9 Å². The number of carbonyl (C=O) groups excluding carboxylic acids is 1. The zero-order valence-corrected chi connectivity index (χ0v) is 17.1. The maximum Gasteiger partial charge on any atom is 0.246 e. The fourth-order valence-corrected chi connectivity index (χ4v) is 3.20. The number of nitrogens with zero attached hydrogens (tertiary/aromatic N) is 4. The number of piperidine rings is 1. The molecule has 30 heavy (non-hydrogen) atoms. The molecule has 9 nitrogen and oxygen atoms in total. The second-order valence-corrected chi connectivity index (χ2v) is 6.87. The summed E-state index contributed by atoms with van der Waals surface area (Å²) >= 11 is 0. The number of aromatic amines is 1. The van der Waals surface area contributed by atoms with Gasteiger partial charge in [-0.25, -0.2) is 4.39 Å². The summed E-state index contributed by atoms with van der Waals surface area (Å²) in [5.74, 6) is 0.200. The van der Waals surface area contributed by atoms with Gasteiger partial charge < -0.3 is 25.7 Å². The third kappa shape index (κ3) is 4.58. The highest BCUT2D eigenvalue weighted by Gasteiger charge is 2.33. The lowest BCUT2D eigenvalue weighted by Crippen LogP contribution is -2.49. The Labute approximate surface area is 173 Å². The number of hydrogen-bond acceptors (Lipinski definition) is 7. The van der Waals surface area contributed by atoms with E-state index < -0.39 is 12.3 Å². The van der Waals surface area contributed by atoms with Gasteiger partial charge in [0.15, 0.2) is 0 Å². The molecular formula is C20H26FN7O2. The van der Waals surface area contributed by atoms with Crippen molar-refractivity contribution in [3.05, 3.63) is 36.3 Å². The third-order valence-electron chi connectivity index (χ3n) is 4.77. The highest BCUT2D eigenvalue weighted by molar-refractivity contribution is 5.88. The Hall–Kier alpha value is -3.43. The van der Waals surface area contributed by atoms with Gasteiger partial charge in [-0.2, -0.15) is 9.97 Å². The van der Waals surface area contributed by atoms with Crippen molar-refractivity contribution in [2.45, 2.75) is 32.5 Å². The summed E-state index contributed by atoms with van der Waals surface area (Å²) in [7, 11) is 0. The summed E-state index contributed by atoms with van der Waals surface area (Å²) in [6.45, 7) is 8.31. The smallest absolute Gasteiger partial charge is 0.246 e. The number of amides is 1. The van der Waals surface area contributed by atoms with E-state index in [0.717, 1.165) is 5.56 Å². The highest BCUT2D eigenvalue weighted by Crippen LogP contribution is 2.30. The van der Waals surface area contributed by atoms with Crippen LogP contribution in [0.5, 0.6) is 5.88 Å². The van der Waals surface area contributed by atoms with Crippen LogP contribution in [0.25, 0.3) is 11.0 Å². The van der Waals surface area contributed by atoms with Crippen LogP contribution >= 0.6 is 0 Å². The topological polar surface area (TPSA) is 122 Å². The minimum Gasteiger partial charge on any atom is -0.469 e. The van der Waals surface area contributed by atoms with Gasteiger partial charge in [-0.05, 0) is 31.9 Å². The summed E-state index contributed by atoms with van der Waals surface area (Å²) in [6.07, 6.45) is 4.02.